The third-order valence-corrected chi connectivity index (χ3v) is 6.39. The Morgan fingerprint density at radius 3 is 2.27 bits per heavy atom. The predicted octanol–water partition coefficient (Wildman–Crippen LogP) is 6.80. The van der Waals surface area contributed by atoms with E-state index in [0.29, 0.717) is 38.8 Å². The molecule has 37 heavy (non-hydrogen) atoms. The van der Waals surface area contributed by atoms with E-state index in [1.807, 2.05) is 0 Å². The Balaban J connectivity index is 1.50. The van der Waals surface area contributed by atoms with Crippen molar-refractivity contribution in [3.05, 3.63) is 77.7 Å². The van der Waals surface area contributed by atoms with Gasteiger partial charge in [0.2, 0.25) is 0 Å². The van der Waals surface area contributed by atoms with E-state index in [1.165, 1.54) is 36.8 Å². The van der Waals surface area contributed by atoms with Crippen LogP contribution in [0.3, 0.4) is 0 Å². The van der Waals surface area contributed by atoms with Gasteiger partial charge < -0.3 is 10.1 Å². The van der Waals surface area contributed by atoms with Gasteiger partial charge in [-0.3, -0.25) is 14.2 Å². The van der Waals surface area contributed by atoms with Crippen molar-refractivity contribution in [1.82, 2.24) is 19.7 Å². The monoisotopic (exact) mass is 536 g/mol. The number of nitrogens with one attached hydrogen (secondary N) is 1. The molecule has 0 saturated heterocycles. The Kier molecular flexibility index (Phi) is 5.82. The number of amides is 1. The number of ether oxygens (including phenoxy) is 1. The summed E-state index contributed by atoms with van der Waals surface area (Å²) in [4.78, 5) is 20.4. The zero-order valence-corrected chi connectivity index (χ0v) is 19.4. The molecule has 0 unspecified atom stereocenters. The summed E-state index contributed by atoms with van der Waals surface area (Å²) in [7, 11) is 1.48. The van der Waals surface area contributed by atoms with E-state index < -0.39 is 23.5 Å². The molecule has 3 heterocycles. The molecule has 13 heteroatoms. The number of halogens is 6. The number of benzene rings is 2. The summed E-state index contributed by atoms with van der Waals surface area (Å²) in [5.41, 5.74) is -2.33. The van der Waals surface area contributed by atoms with E-state index in [1.54, 1.807) is 28.7 Å². The maximum atomic E-state index is 13.3. The van der Waals surface area contributed by atoms with E-state index in [9.17, 15) is 31.1 Å². The number of carbonyl (C=O) groups excluding carboxylic acids is 1. The highest BCUT2D eigenvalue weighted by molar-refractivity contribution is 7.23. The van der Waals surface area contributed by atoms with Gasteiger partial charge in [0.1, 0.15) is 17.2 Å². The zero-order chi connectivity index (χ0) is 26.5. The molecule has 0 aliphatic carbocycles. The molecule has 6 nitrogen and oxygen atoms in total. The highest BCUT2D eigenvalue weighted by atomic mass is 32.1. The van der Waals surface area contributed by atoms with Crippen LogP contribution in [0.1, 0.15) is 21.6 Å². The van der Waals surface area contributed by atoms with Gasteiger partial charge in [-0.15, -0.1) is 0 Å². The molecule has 0 saturated carbocycles. The van der Waals surface area contributed by atoms with Crippen LogP contribution in [-0.2, 0) is 12.4 Å². The van der Waals surface area contributed by atoms with Crippen LogP contribution in [0.25, 0.3) is 26.4 Å². The lowest BCUT2D eigenvalue weighted by Gasteiger charge is -2.13. The molecule has 0 bridgehead atoms. The Morgan fingerprint density at radius 1 is 0.946 bits per heavy atom. The maximum Gasteiger partial charge on any atom is 0.416 e. The first-order valence-corrected chi connectivity index (χ1v) is 11.3. The van der Waals surface area contributed by atoms with Gasteiger partial charge in [0.15, 0.2) is 4.96 Å². The number of carbonyl (C=O) groups is 1. The molecule has 3 aromatic heterocycles. The third-order valence-electron chi connectivity index (χ3n) is 5.38. The molecular formula is C24H14F6N4O2S. The van der Waals surface area contributed by atoms with Gasteiger partial charge in [-0.2, -0.15) is 26.3 Å². The molecule has 1 N–H and O–H groups in total. The minimum Gasteiger partial charge on any atom is -0.457 e. The average Bonchev–Trinajstić information content (AvgIpc) is 3.40. The third kappa shape index (κ3) is 4.81. The number of nitrogens with zero attached hydrogens (tertiary/aromatic N) is 3. The van der Waals surface area contributed by atoms with Crippen LogP contribution in [-0.4, -0.2) is 27.3 Å². The van der Waals surface area contributed by atoms with E-state index in [2.05, 4.69) is 15.3 Å². The zero-order valence-electron chi connectivity index (χ0n) is 18.6. The minimum atomic E-state index is -4.95. The summed E-state index contributed by atoms with van der Waals surface area (Å²) in [6.45, 7) is 0. The largest absolute Gasteiger partial charge is 0.457 e. The Bertz CT molecular complexity index is 1620. The average molecular weight is 536 g/mol. The number of thiazole rings is 1. The van der Waals surface area contributed by atoms with Crippen LogP contribution in [0.15, 0.2) is 60.9 Å². The van der Waals surface area contributed by atoms with Crippen molar-refractivity contribution in [3.63, 3.8) is 0 Å². The quantitative estimate of drug-likeness (QED) is 0.257. The molecule has 0 fully saturated rings. The van der Waals surface area contributed by atoms with Gasteiger partial charge >= 0.3 is 12.4 Å². The second kappa shape index (κ2) is 8.76. The lowest BCUT2D eigenvalue weighted by atomic mass is 10.0. The Hall–Kier alpha value is -4.13. The fraction of sp³-hybridized carbons (Fsp3) is 0.125. The van der Waals surface area contributed by atoms with Crippen LogP contribution in [0.4, 0.5) is 26.3 Å². The first-order chi connectivity index (χ1) is 17.4. The SMILES string of the molecule is CNC(=O)c1cc(Oc2ccc3c(c2)sc2nc(-c4cc(C(F)(F)F)cc(C(F)(F)F)c4)cn23)ccn1. The molecule has 5 aromatic rings. The molecule has 0 atom stereocenters. The topological polar surface area (TPSA) is 68.5 Å². The molecule has 0 aliphatic heterocycles. The number of imidazole rings is 1. The highest BCUT2D eigenvalue weighted by Gasteiger charge is 2.37. The molecule has 0 aliphatic rings. The van der Waals surface area contributed by atoms with Crippen molar-refractivity contribution in [2.75, 3.05) is 7.05 Å². The number of rotatable bonds is 4. The predicted molar refractivity (Wildman–Crippen MR) is 124 cm³/mol. The first-order valence-electron chi connectivity index (χ1n) is 10.5. The van der Waals surface area contributed by atoms with Crippen molar-refractivity contribution >= 4 is 32.4 Å². The van der Waals surface area contributed by atoms with E-state index in [4.69, 9.17) is 4.74 Å². The Morgan fingerprint density at radius 2 is 1.62 bits per heavy atom. The van der Waals surface area contributed by atoms with Gasteiger partial charge in [-0.25, -0.2) is 4.98 Å². The molecule has 0 radical (unpaired) electrons. The van der Waals surface area contributed by atoms with Crippen LogP contribution < -0.4 is 10.1 Å². The number of aromatic nitrogens is 3. The summed E-state index contributed by atoms with van der Waals surface area (Å²) in [6, 6.07) is 9.47. The smallest absolute Gasteiger partial charge is 0.416 e. The van der Waals surface area contributed by atoms with Crippen molar-refractivity contribution in [1.29, 1.82) is 0 Å². The standard InChI is InChI=1S/C24H14F6N4O2S/c1-31-21(35)17-9-16(4-5-32-17)36-15-2-3-19-20(10-15)37-22-33-18(11-34(19)22)12-6-13(23(25,26)27)8-14(7-12)24(28,29)30/h2-11H,1H3,(H,31,35). The van der Waals surface area contributed by atoms with E-state index in [0.717, 1.165) is 0 Å². The number of hydrogen-bond donors (Lipinski definition) is 1. The fourth-order valence-corrected chi connectivity index (χ4v) is 4.69. The van der Waals surface area contributed by atoms with Gasteiger partial charge in [-0.1, -0.05) is 11.3 Å². The van der Waals surface area contributed by atoms with Gasteiger partial charge in [0.05, 0.1) is 27.0 Å². The first kappa shape index (κ1) is 24.6. The lowest BCUT2D eigenvalue weighted by Crippen LogP contribution is -2.18. The number of fused-ring (bicyclic) bond motifs is 3. The number of alkyl halides is 6. The van der Waals surface area contributed by atoms with Crippen molar-refractivity contribution in [2.45, 2.75) is 12.4 Å². The molecular weight excluding hydrogens is 522 g/mol. The second-order valence-corrected chi connectivity index (χ2v) is 8.87. The normalized spacial score (nSPS) is 12.3. The molecule has 2 aromatic carbocycles. The number of hydrogen-bond acceptors (Lipinski definition) is 5. The molecule has 0 spiro atoms. The fourth-order valence-electron chi connectivity index (χ4n) is 3.65. The molecule has 5 rings (SSSR count). The maximum absolute atomic E-state index is 13.3. The van der Waals surface area contributed by atoms with Crippen molar-refractivity contribution < 1.29 is 35.9 Å². The minimum absolute atomic E-state index is 0.0245. The molecule has 190 valence electrons. The van der Waals surface area contributed by atoms with Crippen LogP contribution in [0, 0.1) is 0 Å². The van der Waals surface area contributed by atoms with E-state index in [-0.39, 0.29) is 28.9 Å². The summed E-state index contributed by atoms with van der Waals surface area (Å²) >= 11 is 1.18. The van der Waals surface area contributed by atoms with Gasteiger partial charge in [-0.05, 0) is 36.4 Å². The van der Waals surface area contributed by atoms with E-state index >= 15 is 0 Å². The summed E-state index contributed by atoms with van der Waals surface area (Å²) < 4.78 is 87.6. The lowest BCUT2D eigenvalue weighted by molar-refractivity contribution is -0.143. The van der Waals surface area contributed by atoms with Gasteiger partial charge in [0.25, 0.3) is 5.91 Å². The van der Waals surface area contributed by atoms with Crippen molar-refractivity contribution in [3.8, 4) is 22.8 Å². The van der Waals surface area contributed by atoms with Crippen LogP contribution >= 0.6 is 11.3 Å². The van der Waals surface area contributed by atoms with Crippen LogP contribution in [0.5, 0.6) is 11.5 Å². The van der Waals surface area contributed by atoms with Crippen LogP contribution in [0.2, 0.25) is 0 Å². The molecule has 1 amide bonds. The summed E-state index contributed by atoms with van der Waals surface area (Å²) in [5, 5.41) is 2.47. The number of pyridine rings is 1. The second-order valence-electron chi connectivity index (χ2n) is 7.86. The van der Waals surface area contributed by atoms with Gasteiger partial charge in [0, 0.05) is 37.1 Å². The summed E-state index contributed by atoms with van der Waals surface area (Å²) in [5.74, 6) is 0.444. The van der Waals surface area contributed by atoms with Crippen molar-refractivity contribution in [2.24, 2.45) is 0 Å². The Labute approximate surface area is 208 Å². The highest BCUT2D eigenvalue weighted by Crippen LogP contribution is 2.39. The summed E-state index contributed by atoms with van der Waals surface area (Å²) in [6.07, 6.45) is -7.09.